The number of halogens is 3. The lowest BCUT2D eigenvalue weighted by atomic mass is 9.82. The van der Waals surface area contributed by atoms with Crippen LogP contribution in [0.4, 0.5) is 23.7 Å². The largest absolute Gasteiger partial charge is 0.489 e. The van der Waals surface area contributed by atoms with Gasteiger partial charge in [-0.3, -0.25) is 24.0 Å². The summed E-state index contributed by atoms with van der Waals surface area (Å²) >= 11 is 0. The molecule has 328 valence electrons. The third-order valence-electron chi connectivity index (χ3n) is 12.9. The van der Waals surface area contributed by atoms with E-state index in [4.69, 9.17) is 9.47 Å². The SMILES string of the molecule is CC[C@@H]1C[C@@H](C)CCC=C[C@@H]2C[C@@]2(C(=O)NS(=O)(=O)C2CC2)NC(=O)[C@@H]2C[C@@H](Oc3nccc4c5c(ccc34)N(C)CCO5)CN2C(=O)[C@H]1N(C(=O)O)C(C)(C)C(F)(F)F. The zero-order valence-electron chi connectivity index (χ0n) is 34.3. The number of allylic oxidation sites excluding steroid dienone is 1. The Kier molecular flexibility index (Phi) is 11.5. The number of carboxylic acid groups (broad SMARTS) is 1. The third kappa shape index (κ3) is 8.05. The van der Waals surface area contributed by atoms with Crippen molar-refractivity contribution in [1.82, 2.24) is 24.8 Å². The maximum absolute atomic E-state index is 15.2. The number of hydrogen-bond donors (Lipinski definition) is 3. The topological polar surface area (TPSA) is 188 Å². The average molecular weight is 863 g/mol. The lowest BCUT2D eigenvalue weighted by Gasteiger charge is -2.46. The van der Waals surface area contributed by atoms with E-state index in [-0.39, 0.29) is 48.9 Å². The van der Waals surface area contributed by atoms with E-state index in [1.807, 2.05) is 31.0 Å². The molecule has 4 heterocycles. The fraction of sp³-hybridized carbons (Fsp3) is 0.634. The summed E-state index contributed by atoms with van der Waals surface area (Å²) in [5.41, 5.74) is -3.88. The molecule has 3 N–H and O–H groups in total. The Morgan fingerprint density at radius 2 is 1.87 bits per heavy atom. The lowest BCUT2D eigenvalue weighted by molar-refractivity contribution is -0.222. The van der Waals surface area contributed by atoms with Crippen LogP contribution in [-0.2, 0) is 24.4 Å². The highest BCUT2D eigenvalue weighted by Gasteiger charge is 2.63. The summed E-state index contributed by atoms with van der Waals surface area (Å²) in [5, 5.41) is 13.9. The number of carbonyl (C=O) groups excluding carboxylic acids is 3. The van der Waals surface area contributed by atoms with E-state index in [0.717, 1.165) is 10.6 Å². The minimum Gasteiger partial charge on any atom is -0.489 e. The zero-order valence-corrected chi connectivity index (χ0v) is 35.1. The number of pyridine rings is 1. The Balaban J connectivity index is 1.30. The van der Waals surface area contributed by atoms with Gasteiger partial charge in [-0.1, -0.05) is 32.4 Å². The van der Waals surface area contributed by atoms with Crippen molar-refractivity contribution in [3.63, 3.8) is 0 Å². The minimum atomic E-state index is -5.09. The molecule has 15 nitrogen and oxygen atoms in total. The van der Waals surface area contributed by atoms with Crippen LogP contribution in [-0.4, -0.2) is 120 Å². The number of benzene rings is 1. The second-order valence-corrected chi connectivity index (χ2v) is 19.5. The number of rotatable bonds is 8. The van der Waals surface area contributed by atoms with Gasteiger partial charge in [0, 0.05) is 36.4 Å². The Morgan fingerprint density at radius 1 is 1.13 bits per heavy atom. The van der Waals surface area contributed by atoms with Gasteiger partial charge in [-0.15, -0.1) is 0 Å². The molecular formula is C41H53F3N6O9S. The second kappa shape index (κ2) is 15.9. The normalized spacial score (nSPS) is 28.9. The van der Waals surface area contributed by atoms with Gasteiger partial charge >= 0.3 is 12.3 Å². The number of carbonyl (C=O) groups is 4. The highest BCUT2D eigenvalue weighted by molar-refractivity contribution is 7.91. The van der Waals surface area contributed by atoms with Gasteiger partial charge in [-0.2, -0.15) is 13.2 Å². The van der Waals surface area contributed by atoms with Gasteiger partial charge in [0.25, 0.3) is 5.91 Å². The molecule has 2 aromatic rings. The fourth-order valence-electron chi connectivity index (χ4n) is 8.97. The lowest BCUT2D eigenvalue weighted by Crippen LogP contribution is -2.66. The van der Waals surface area contributed by atoms with Crippen molar-refractivity contribution in [2.75, 3.05) is 31.6 Å². The number of fused-ring (bicyclic) bond motifs is 5. The molecule has 3 aliphatic heterocycles. The molecule has 2 aliphatic carbocycles. The number of alkyl halides is 3. The van der Waals surface area contributed by atoms with Crippen LogP contribution in [0.15, 0.2) is 36.5 Å². The first kappa shape index (κ1) is 43.3. The molecule has 7 atom stereocenters. The van der Waals surface area contributed by atoms with Crippen LogP contribution in [0.2, 0.25) is 0 Å². The zero-order chi connectivity index (χ0) is 43.5. The van der Waals surface area contributed by atoms with Crippen LogP contribution in [0.25, 0.3) is 10.8 Å². The molecule has 0 unspecified atom stereocenters. The summed E-state index contributed by atoms with van der Waals surface area (Å²) in [4.78, 5) is 64.5. The number of aromatic nitrogens is 1. The minimum absolute atomic E-state index is 0.0615. The maximum atomic E-state index is 15.2. The van der Waals surface area contributed by atoms with E-state index >= 15 is 4.79 Å². The average Bonchev–Trinajstić information content (AvgIpc) is 4.10. The Labute approximate surface area is 347 Å². The van der Waals surface area contributed by atoms with Gasteiger partial charge in [0.05, 0.1) is 24.0 Å². The van der Waals surface area contributed by atoms with Gasteiger partial charge in [0.2, 0.25) is 27.7 Å². The molecule has 0 spiro atoms. The monoisotopic (exact) mass is 862 g/mol. The predicted molar refractivity (Wildman–Crippen MR) is 214 cm³/mol. The maximum Gasteiger partial charge on any atom is 0.411 e. The van der Waals surface area contributed by atoms with Crippen molar-refractivity contribution in [1.29, 1.82) is 0 Å². The first-order valence-electron chi connectivity index (χ1n) is 20.6. The number of hydrogen-bond acceptors (Lipinski definition) is 10. The number of amides is 4. The quantitative estimate of drug-likeness (QED) is 0.304. The molecule has 7 rings (SSSR count). The molecule has 2 saturated carbocycles. The van der Waals surface area contributed by atoms with E-state index in [0.29, 0.717) is 69.2 Å². The Hall–Kier alpha value is -4.81. The molecule has 19 heteroatoms. The van der Waals surface area contributed by atoms with Crippen LogP contribution in [0.1, 0.15) is 79.1 Å². The van der Waals surface area contributed by atoms with Crippen LogP contribution in [0, 0.1) is 17.8 Å². The molecule has 0 radical (unpaired) electrons. The van der Waals surface area contributed by atoms with E-state index in [2.05, 4.69) is 15.0 Å². The molecule has 1 aromatic heterocycles. The van der Waals surface area contributed by atoms with Crippen molar-refractivity contribution in [2.45, 2.75) is 120 Å². The highest BCUT2D eigenvalue weighted by atomic mass is 32.2. The molecule has 3 fully saturated rings. The summed E-state index contributed by atoms with van der Waals surface area (Å²) in [6, 6.07) is 2.08. The van der Waals surface area contributed by atoms with Gasteiger partial charge < -0.3 is 29.7 Å². The van der Waals surface area contributed by atoms with E-state index in [1.165, 1.54) is 6.20 Å². The third-order valence-corrected chi connectivity index (χ3v) is 14.7. The fourth-order valence-corrected chi connectivity index (χ4v) is 10.3. The van der Waals surface area contributed by atoms with E-state index < -0.39 is 86.4 Å². The van der Waals surface area contributed by atoms with Gasteiger partial charge in [-0.25, -0.2) is 18.2 Å². The van der Waals surface area contributed by atoms with Crippen molar-refractivity contribution in [3.05, 3.63) is 36.5 Å². The van der Waals surface area contributed by atoms with Crippen molar-refractivity contribution in [2.24, 2.45) is 17.8 Å². The number of nitrogens with one attached hydrogen (secondary N) is 2. The number of sulfonamides is 1. The summed E-state index contributed by atoms with van der Waals surface area (Å²) in [7, 11) is -2.09. The van der Waals surface area contributed by atoms with Crippen molar-refractivity contribution in [3.8, 4) is 11.6 Å². The standard InChI is InChI=1S/C41H53F3N6O9S/c1-6-24-19-23(2)9-7-8-10-25-21-40(25,37(53)47-60(56,57)27-11-12-27)46-34(51)31-20-26(22-49(31)36(52)32(24)50(38(54)55)39(3,4)41(42,43)44)59-35-29-13-14-30-33(28(29)15-16-45-35)58-18-17-48(30)5/h8,10,13-16,23-27,31-32H,6-7,9,11-12,17-22H2,1-5H3,(H,46,51)(H,47,53)(H,54,55)/t23-,24+,25+,26+,31-,32-,40+/m0/s1. The summed E-state index contributed by atoms with van der Waals surface area (Å²) in [6.07, 6.45) is -0.992. The number of nitrogens with zero attached hydrogens (tertiary/aromatic N) is 4. The molecular weight excluding hydrogens is 810 g/mol. The predicted octanol–water partition coefficient (Wildman–Crippen LogP) is 4.99. The van der Waals surface area contributed by atoms with Gasteiger partial charge in [0.1, 0.15) is 35.9 Å². The Bertz CT molecular complexity index is 2180. The highest BCUT2D eigenvalue weighted by Crippen LogP contribution is 2.47. The van der Waals surface area contributed by atoms with Gasteiger partial charge in [0.15, 0.2) is 5.75 Å². The first-order chi connectivity index (χ1) is 28.2. The Morgan fingerprint density at radius 3 is 2.53 bits per heavy atom. The molecule has 60 heavy (non-hydrogen) atoms. The van der Waals surface area contributed by atoms with Crippen LogP contribution in [0.3, 0.4) is 0 Å². The second-order valence-electron chi connectivity index (χ2n) is 17.5. The van der Waals surface area contributed by atoms with Crippen molar-refractivity contribution >= 4 is 50.3 Å². The number of anilines is 1. The summed E-state index contributed by atoms with van der Waals surface area (Å²) in [6.45, 7) is 5.75. The summed E-state index contributed by atoms with van der Waals surface area (Å²) < 4.78 is 85.0. The first-order valence-corrected chi connectivity index (χ1v) is 22.1. The molecule has 4 amide bonds. The van der Waals surface area contributed by atoms with E-state index in [1.54, 1.807) is 25.1 Å². The van der Waals surface area contributed by atoms with Crippen LogP contribution >= 0.6 is 0 Å². The van der Waals surface area contributed by atoms with Crippen molar-refractivity contribution < 1.29 is 55.3 Å². The molecule has 0 bridgehead atoms. The van der Waals surface area contributed by atoms with Crippen LogP contribution < -0.4 is 24.4 Å². The summed E-state index contributed by atoms with van der Waals surface area (Å²) in [5.74, 6) is -3.73. The smallest absolute Gasteiger partial charge is 0.411 e. The number of likely N-dealkylation sites (N-methyl/N-ethyl adjacent to an activating group) is 1. The molecule has 1 aromatic carbocycles. The van der Waals surface area contributed by atoms with E-state index in [9.17, 15) is 41.1 Å². The van der Waals surface area contributed by atoms with Crippen LogP contribution in [0.5, 0.6) is 11.6 Å². The number of ether oxygens (including phenoxy) is 2. The van der Waals surface area contributed by atoms with Gasteiger partial charge in [-0.05, 0) is 82.4 Å². The molecule has 5 aliphatic rings. The molecule has 1 saturated heterocycles.